The Morgan fingerprint density at radius 2 is 2.00 bits per heavy atom. The van der Waals surface area contributed by atoms with Crippen LogP contribution < -0.4 is 5.32 Å². The van der Waals surface area contributed by atoms with Gasteiger partial charge in [0, 0.05) is 18.0 Å². The number of para-hydroxylation sites is 1. The van der Waals surface area contributed by atoms with Gasteiger partial charge in [-0.2, -0.15) is 0 Å². The second kappa shape index (κ2) is 10.3. The molecule has 1 fully saturated rings. The van der Waals surface area contributed by atoms with Crippen molar-refractivity contribution < 1.29 is 19.1 Å². The Morgan fingerprint density at radius 1 is 1.22 bits per heavy atom. The van der Waals surface area contributed by atoms with Crippen molar-refractivity contribution in [1.29, 1.82) is 0 Å². The molecule has 2 amide bonds. The monoisotopic (exact) mass is 456 g/mol. The van der Waals surface area contributed by atoms with Gasteiger partial charge in [-0.05, 0) is 38.3 Å². The summed E-state index contributed by atoms with van der Waals surface area (Å²) < 4.78 is 5.00. The third kappa shape index (κ3) is 5.03. The minimum Gasteiger partial charge on any atom is -0.465 e. The zero-order valence-electron chi connectivity index (χ0n) is 18.2. The van der Waals surface area contributed by atoms with Crippen molar-refractivity contribution in [2.75, 3.05) is 12.4 Å². The average Bonchev–Trinajstić information content (AvgIpc) is 3.14. The number of ether oxygens (including phenoxy) is 1. The molecule has 2 heterocycles. The van der Waals surface area contributed by atoms with Crippen LogP contribution in [0.1, 0.15) is 57.4 Å². The van der Waals surface area contributed by atoms with E-state index in [4.69, 9.17) is 4.74 Å². The molecule has 1 aromatic carbocycles. The molecule has 0 bridgehead atoms. The van der Waals surface area contributed by atoms with E-state index in [1.165, 1.54) is 11.3 Å². The number of nitrogens with one attached hydrogen (secondary N) is 1. The summed E-state index contributed by atoms with van der Waals surface area (Å²) in [5.41, 5.74) is 1.48. The molecule has 8 nitrogen and oxygen atoms in total. The topological polar surface area (TPSA) is 100 Å². The lowest BCUT2D eigenvalue weighted by Gasteiger charge is -2.25. The van der Waals surface area contributed by atoms with Gasteiger partial charge in [0.2, 0.25) is 5.91 Å². The number of rotatable bonds is 7. The lowest BCUT2D eigenvalue weighted by Crippen LogP contribution is -2.41. The van der Waals surface area contributed by atoms with E-state index in [1.54, 1.807) is 6.92 Å². The maximum Gasteiger partial charge on any atom is 0.316 e. The molecule has 1 aromatic rings. The van der Waals surface area contributed by atoms with Gasteiger partial charge in [-0.25, -0.2) is 9.89 Å². The van der Waals surface area contributed by atoms with Crippen LogP contribution in [-0.2, 0) is 19.1 Å². The summed E-state index contributed by atoms with van der Waals surface area (Å²) in [4.78, 5) is 48.2. The Balaban J connectivity index is 1.45. The quantitative estimate of drug-likeness (QED) is 0.635. The molecule has 1 saturated carbocycles. The van der Waals surface area contributed by atoms with Crippen molar-refractivity contribution in [2.24, 2.45) is 9.98 Å². The molecule has 9 heteroatoms. The van der Waals surface area contributed by atoms with Crippen molar-refractivity contribution in [1.82, 2.24) is 10.2 Å². The Bertz CT molecular complexity index is 955. The molecular formula is C23H28N4O4S. The molecule has 32 heavy (non-hydrogen) atoms. The van der Waals surface area contributed by atoms with Crippen LogP contribution in [0.5, 0.6) is 0 Å². The first-order valence-electron chi connectivity index (χ1n) is 11.2. The summed E-state index contributed by atoms with van der Waals surface area (Å²) in [5, 5.41) is 3.51. The van der Waals surface area contributed by atoms with Gasteiger partial charge in [-0.15, -0.1) is 0 Å². The highest BCUT2D eigenvalue weighted by Crippen LogP contribution is 2.34. The minimum atomic E-state index is -0.637. The fourth-order valence-corrected chi connectivity index (χ4v) is 5.03. The molecule has 0 spiro atoms. The van der Waals surface area contributed by atoms with Crippen molar-refractivity contribution in [3.8, 4) is 0 Å². The van der Waals surface area contributed by atoms with Gasteiger partial charge >= 0.3 is 5.97 Å². The summed E-state index contributed by atoms with van der Waals surface area (Å²) in [6.07, 6.45) is 6.18. The predicted octanol–water partition coefficient (Wildman–Crippen LogP) is 3.17. The van der Waals surface area contributed by atoms with Gasteiger partial charge in [0.15, 0.2) is 5.17 Å². The van der Waals surface area contributed by atoms with Gasteiger partial charge in [-0.3, -0.25) is 19.4 Å². The Labute approximate surface area is 191 Å². The molecule has 0 radical (unpaired) electrons. The third-order valence-electron chi connectivity index (χ3n) is 5.79. The summed E-state index contributed by atoms with van der Waals surface area (Å²) >= 11 is 1.16. The van der Waals surface area contributed by atoms with Gasteiger partial charge in [-0.1, -0.05) is 43.2 Å². The summed E-state index contributed by atoms with van der Waals surface area (Å²) in [6.45, 7) is 2.05. The lowest BCUT2D eigenvalue weighted by molar-refractivity contribution is -0.139. The van der Waals surface area contributed by atoms with E-state index >= 15 is 0 Å². The number of amides is 2. The van der Waals surface area contributed by atoms with Crippen molar-refractivity contribution in [2.45, 2.75) is 64.0 Å². The largest absolute Gasteiger partial charge is 0.465 e. The van der Waals surface area contributed by atoms with E-state index < -0.39 is 6.04 Å². The molecule has 1 aliphatic carbocycles. The Hall–Kier alpha value is -2.68. The molecular weight excluding hydrogens is 428 g/mol. The highest BCUT2D eigenvalue weighted by atomic mass is 32.2. The number of hydrogen-bond acceptors (Lipinski definition) is 7. The van der Waals surface area contributed by atoms with Gasteiger partial charge in [0.05, 0.1) is 18.0 Å². The number of fused-ring (bicyclic) bond motifs is 3. The van der Waals surface area contributed by atoms with Gasteiger partial charge < -0.3 is 10.1 Å². The lowest BCUT2D eigenvalue weighted by atomic mass is 9.95. The van der Waals surface area contributed by atoms with Crippen LogP contribution in [0.15, 0.2) is 34.3 Å². The molecule has 3 aliphatic rings. The Morgan fingerprint density at radius 3 is 2.78 bits per heavy atom. The summed E-state index contributed by atoms with van der Waals surface area (Å²) in [6, 6.07) is 7.09. The smallest absolute Gasteiger partial charge is 0.316 e. The number of amidine groups is 2. The van der Waals surface area contributed by atoms with E-state index in [0.717, 1.165) is 43.0 Å². The van der Waals surface area contributed by atoms with Crippen molar-refractivity contribution in [3.05, 3.63) is 29.8 Å². The predicted molar refractivity (Wildman–Crippen MR) is 124 cm³/mol. The number of benzene rings is 1. The van der Waals surface area contributed by atoms with Crippen LogP contribution in [0, 0.1) is 0 Å². The first-order chi connectivity index (χ1) is 15.6. The van der Waals surface area contributed by atoms with Crippen LogP contribution in [-0.4, -0.2) is 58.1 Å². The van der Waals surface area contributed by atoms with Crippen LogP contribution in [0.25, 0.3) is 0 Å². The first-order valence-corrected chi connectivity index (χ1v) is 12.2. The van der Waals surface area contributed by atoms with E-state index in [0.29, 0.717) is 29.7 Å². The molecule has 0 saturated heterocycles. The van der Waals surface area contributed by atoms with Crippen LogP contribution >= 0.6 is 11.8 Å². The number of nitrogens with zero attached hydrogens (tertiary/aromatic N) is 3. The highest BCUT2D eigenvalue weighted by molar-refractivity contribution is 8.14. The van der Waals surface area contributed by atoms with E-state index in [2.05, 4.69) is 15.3 Å². The number of carbonyl (C=O) groups is 3. The number of thioether (sulfide) groups is 1. The fraction of sp³-hybridized carbons (Fsp3) is 0.522. The van der Waals surface area contributed by atoms with E-state index in [9.17, 15) is 14.4 Å². The molecule has 170 valence electrons. The number of esters is 1. The molecule has 0 unspecified atom stereocenters. The molecule has 1 N–H and O–H groups in total. The van der Waals surface area contributed by atoms with Gasteiger partial charge in [0.1, 0.15) is 11.9 Å². The highest BCUT2D eigenvalue weighted by Gasteiger charge is 2.41. The summed E-state index contributed by atoms with van der Waals surface area (Å²) in [5.74, 6) is -0.0130. The van der Waals surface area contributed by atoms with Crippen molar-refractivity contribution in [3.63, 3.8) is 0 Å². The molecule has 2 aliphatic heterocycles. The fourth-order valence-electron chi connectivity index (χ4n) is 4.23. The van der Waals surface area contributed by atoms with Crippen molar-refractivity contribution >= 4 is 46.2 Å². The zero-order chi connectivity index (χ0) is 22.5. The maximum absolute atomic E-state index is 13.2. The van der Waals surface area contributed by atoms with E-state index in [-0.39, 0.29) is 36.0 Å². The summed E-state index contributed by atoms with van der Waals surface area (Å²) in [7, 11) is 0. The van der Waals surface area contributed by atoms with Crippen LogP contribution in [0.3, 0.4) is 0 Å². The SMILES string of the molecule is CCOC(=O)CSC1=Nc2ccccc2C2=N[C@@H](CCC(=O)NC3CCCCC3)C(=O)N12. The van der Waals surface area contributed by atoms with Crippen LogP contribution in [0.4, 0.5) is 5.69 Å². The van der Waals surface area contributed by atoms with E-state index in [1.807, 2.05) is 24.3 Å². The number of hydrogen-bond donors (Lipinski definition) is 1. The zero-order valence-corrected chi connectivity index (χ0v) is 19.0. The second-order valence-electron chi connectivity index (χ2n) is 8.09. The second-order valence-corrected chi connectivity index (χ2v) is 9.03. The number of carbonyl (C=O) groups excluding carboxylic acids is 3. The third-order valence-corrected chi connectivity index (χ3v) is 6.70. The Kier molecular flexibility index (Phi) is 7.24. The molecule has 0 aromatic heterocycles. The average molecular weight is 457 g/mol. The first kappa shape index (κ1) is 22.5. The number of aliphatic imine (C=N–C) groups is 2. The maximum atomic E-state index is 13.2. The minimum absolute atomic E-state index is 0.0271. The van der Waals surface area contributed by atoms with Crippen LogP contribution in [0.2, 0.25) is 0 Å². The standard InChI is InChI=1S/C23H28N4O4S/c1-2-31-20(29)14-32-23-26-17-11-7-6-10-16(17)21-25-18(22(30)27(21)23)12-13-19(28)24-15-8-4-3-5-9-15/h6-7,10-11,15,18H,2-5,8-9,12-14H2,1H3,(H,24,28)/t18-/m0/s1. The normalized spacial score (nSPS) is 20.2. The molecule has 4 rings (SSSR count). The molecule has 1 atom stereocenters. The van der Waals surface area contributed by atoms with Gasteiger partial charge in [0.25, 0.3) is 5.91 Å².